The fourth-order valence-corrected chi connectivity index (χ4v) is 5.27. The van der Waals surface area contributed by atoms with Crippen molar-refractivity contribution in [2.24, 2.45) is 5.92 Å². The lowest BCUT2D eigenvalue weighted by Crippen LogP contribution is -2.42. The van der Waals surface area contributed by atoms with Gasteiger partial charge < -0.3 is 4.90 Å². The Labute approximate surface area is 199 Å². The number of likely N-dealkylation sites (tertiary alicyclic amines) is 1. The zero-order valence-electron chi connectivity index (χ0n) is 19.9. The molecule has 1 unspecified atom stereocenters. The smallest absolute Gasteiger partial charge is 0.259 e. The van der Waals surface area contributed by atoms with Crippen LogP contribution in [0.15, 0.2) is 24.3 Å². The van der Waals surface area contributed by atoms with Crippen LogP contribution >= 0.6 is 11.3 Å². The third-order valence-electron chi connectivity index (χ3n) is 6.41. The maximum atomic E-state index is 13.1. The number of amides is 2. The highest BCUT2D eigenvalue weighted by molar-refractivity contribution is 7.15. The highest BCUT2D eigenvalue weighted by Crippen LogP contribution is 2.32. The van der Waals surface area contributed by atoms with E-state index >= 15 is 0 Å². The molecule has 0 aromatic carbocycles. The summed E-state index contributed by atoms with van der Waals surface area (Å²) >= 11 is 1.40. The highest BCUT2D eigenvalue weighted by Gasteiger charge is 2.31. The van der Waals surface area contributed by atoms with Crippen LogP contribution in [0.3, 0.4) is 0 Å². The molecule has 176 valence electrons. The number of rotatable bonds is 4. The summed E-state index contributed by atoms with van der Waals surface area (Å²) in [7, 11) is 0. The number of allylic oxidation sites excluding steroid dienone is 2. The summed E-state index contributed by atoms with van der Waals surface area (Å²) in [5.41, 5.74) is 2.17. The SMILES string of the molecule is Cc1ccc(C(=O)Nc2nnc(C(C)(C)C)s2)c(C2CCN(C(=O)C3CC=CCC3)CC2)n1. The third kappa shape index (κ3) is 5.49. The Kier molecular flexibility index (Phi) is 6.93. The quantitative estimate of drug-likeness (QED) is 0.649. The van der Waals surface area contributed by atoms with E-state index in [0.717, 1.165) is 48.5 Å². The van der Waals surface area contributed by atoms with E-state index in [1.807, 2.05) is 24.0 Å². The molecule has 2 aromatic rings. The number of hydrogen-bond donors (Lipinski definition) is 1. The highest BCUT2D eigenvalue weighted by atomic mass is 32.1. The van der Waals surface area contributed by atoms with Crippen molar-refractivity contribution in [2.75, 3.05) is 18.4 Å². The predicted molar refractivity (Wildman–Crippen MR) is 131 cm³/mol. The Morgan fingerprint density at radius 1 is 1.09 bits per heavy atom. The molecule has 1 fully saturated rings. The second-order valence-corrected chi connectivity index (χ2v) is 11.1. The minimum atomic E-state index is -0.207. The van der Waals surface area contributed by atoms with Crippen molar-refractivity contribution in [2.45, 2.75) is 71.1 Å². The van der Waals surface area contributed by atoms with E-state index < -0.39 is 0 Å². The van der Waals surface area contributed by atoms with Gasteiger partial charge in [0.2, 0.25) is 11.0 Å². The number of aromatic nitrogens is 3. The van der Waals surface area contributed by atoms with Crippen LogP contribution in [0.2, 0.25) is 0 Å². The van der Waals surface area contributed by atoms with E-state index in [0.29, 0.717) is 23.8 Å². The lowest BCUT2D eigenvalue weighted by Gasteiger charge is -2.35. The zero-order valence-corrected chi connectivity index (χ0v) is 20.7. The number of piperidine rings is 1. The van der Waals surface area contributed by atoms with Gasteiger partial charge in [0, 0.05) is 36.0 Å². The molecule has 8 heteroatoms. The molecule has 2 aliphatic rings. The van der Waals surface area contributed by atoms with Gasteiger partial charge in [-0.25, -0.2) is 0 Å². The van der Waals surface area contributed by atoms with Crippen LogP contribution in [0.1, 0.15) is 85.5 Å². The second kappa shape index (κ2) is 9.71. The van der Waals surface area contributed by atoms with E-state index in [4.69, 9.17) is 4.98 Å². The second-order valence-electron chi connectivity index (χ2n) is 10.1. The Hall–Kier alpha value is -2.61. The lowest BCUT2D eigenvalue weighted by atomic mass is 9.88. The molecule has 1 aliphatic heterocycles. The largest absolute Gasteiger partial charge is 0.342 e. The molecule has 0 saturated carbocycles. The Morgan fingerprint density at radius 3 is 2.48 bits per heavy atom. The van der Waals surface area contributed by atoms with Crippen LogP contribution in [-0.2, 0) is 10.2 Å². The van der Waals surface area contributed by atoms with Gasteiger partial charge in [-0.1, -0.05) is 44.3 Å². The van der Waals surface area contributed by atoms with Crippen LogP contribution in [-0.4, -0.2) is 45.0 Å². The molecule has 0 spiro atoms. The van der Waals surface area contributed by atoms with Crippen LogP contribution in [0, 0.1) is 12.8 Å². The minimum absolute atomic E-state index is 0.115. The topological polar surface area (TPSA) is 88.1 Å². The van der Waals surface area contributed by atoms with Crippen molar-refractivity contribution in [1.82, 2.24) is 20.1 Å². The molecular formula is C25H33N5O2S. The standard InChI is InChI=1S/C25H33N5O2S/c1-16-10-11-19(21(31)27-24-29-28-23(33-24)25(2,3)4)20(26-16)17-12-14-30(15-13-17)22(32)18-8-6-5-7-9-18/h5-6,10-11,17-18H,7-9,12-15H2,1-4H3,(H,27,29,31). The number of aryl methyl sites for hydroxylation is 1. The van der Waals surface area contributed by atoms with E-state index in [1.54, 1.807) is 0 Å². The van der Waals surface area contributed by atoms with E-state index in [-0.39, 0.29) is 29.1 Å². The van der Waals surface area contributed by atoms with E-state index in [1.165, 1.54) is 11.3 Å². The summed E-state index contributed by atoms with van der Waals surface area (Å²) in [6.45, 7) is 9.59. The monoisotopic (exact) mass is 467 g/mol. The number of hydrogen-bond acceptors (Lipinski definition) is 6. The first-order chi connectivity index (χ1) is 15.7. The van der Waals surface area contributed by atoms with E-state index in [2.05, 4.69) is 48.4 Å². The van der Waals surface area contributed by atoms with Gasteiger partial charge in [-0.3, -0.25) is 19.9 Å². The first-order valence-corrected chi connectivity index (χ1v) is 12.6. The normalized spacial score (nSPS) is 19.5. The molecule has 33 heavy (non-hydrogen) atoms. The summed E-state index contributed by atoms with van der Waals surface area (Å²) in [6, 6.07) is 3.72. The van der Waals surface area contributed by atoms with Crippen LogP contribution in [0.4, 0.5) is 5.13 Å². The summed E-state index contributed by atoms with van der Waals surface area (Å²) in [5, 5.41) is 12.7. The predicted octanol–water partition coefficient (Wildman–Crippen LogP) is 4.85. The van der Waals surface area contributed by atoms with Gasteiger partial charge in [-0.05, 0) is 51.2 Å². The van der Waals surface area contributed by atoms with Crippen LogP contribution in [0.5, 0.6) is 0 Å². The number of nitrogens with one attached hydrogen (secondary N) is 1. The van der Waals surface area contributed by atoms with Crippen LogP contribution < -0.4 is 5.32 Å². The summed E-state index contributed by atoms with van der Waals surface area (Å²) in [5.74, 6) is 0.343. The molecule has 1 atom stereocenters. The number of anilines is 1. The van der Waals surface area contributed by atoms with Crippen LogP contribution in [0.25, 0.3) is 0 Å². The van der Waals surface area contributed by atoms with Crippen molar-refractivity contribution >= 4 is 28.3 Å². The Bertz CT molecular complexity index is 1050. The molecule has 4 rings (SSSR count). The van der Waals surface area contributed by atoms with Gasteiger partial charge in [0.25, 0.3) is 5.91 Å². The summed E-state index contributed by atoms with van der Waals surface area (Å²) < 4.78 is 0. The molecule has 0 bridgehead atoms. The van der Waals surface area contributed by atoms with Gasteiger partial charge in [0.15, 0.2) is 0 Å². The van der Waals surface area contributed by atoms with Gasteiger partial charge >= 0.3 is 0 Å². The average Bonchev–Trinajstić information content (AvgIpc) is 3.28. The third-order valence-corrected chi connectivity index (χ3v) is 7.67. The fraction of sp³-hybridized carbons (Fsp3) is 0.560. The van der Waals surface area contributed by atoms with Crippen molar-refractivity contribution in [1.29, 1.82) is 0 Å². The van der Waals surface area contributed by atoms with Gasteiger partial charge in [0.1, 0.15) is 5.01 Å². The van der Waals surface area contributed by atoms with Crippen molar-refractivity contribution in [3.63, 3.8) is 0 Å². The fourth-order valence-electron chi connectivity index (χ4n) is 4.47. The molecule has 7 nitrogen and oxygen atoms in total. The molecule has 3 heterocycles. The van der Waals surface area contributed by atoms with Gasteiger partial charge in [-0.2, -0.15) is 0 Å². The molecule has 1 saturated heterocycles. The number of pyridine rings is 1. The maximum absolute atomic E-state index is 13.1. The number of carbonyl (C=O) groups is 2. The van der Waals surface area contributed by atoms with Crippen molar-refractivity contribution in [3.05, 3.63) is 46.2 Å². The maximum Gasteiger partial charge on any atom is 0.259 e. The summed E-state index contributed by atoms with van der Waals surface area (Å²) in [6.07, 6.45) is 8.72. The molecule has 2 aromatic heterocycles. The zero-order chi connectivity index (χ0) is 23.6. The lowest BCUT2D eigenvalue weighted by molar-refractivity contribution is -0.136. The average molecular weight is 468 g/mol. The van der Waals surface area contributed by atoms with Crippen molar-refractivity contribution in [3.8, 4) is 0 Å². The minimum Gasteiger partial charge on any atom is -0.342 e. The molecule has 2 amide bonds. The Balaban J connectivity index is 1.45. The Morgan fingerprint density at radius 2 is 1.85 bits per heavy atom. The van der Waals surface area contributed by atoms with Gasteiger partial charge in [-0.15, -0.1) is 10.2 Å². The van der Waals surface area contributed by atoms with Gasteiger partial charge in [0.05, 0.1) is 11.3 Å². The van der Waals surface area contributed by atoms with E-state index in [9.17, 15) is 9.59 Å². The summed E-state index contributed by atoms with van der Waals surface area (Å²) in [4.78, 5) is 32.8. The number of nitrogens with zero attached hydrogens (tertiary/aromatic N) is 4. The molecule has 1 aliphatic carbocycles. The van der Waals surface area contributed by atoms with Crippen molar-refractivity contribution < 1.29 is 9.59 Å². The molecule has 1 N–H and O–H groups in total. The molecular weight excluding hydrogens is 434 g/mol. The molecule has 0 radical (unpaired) electrons. The first kappa shape index (κ1) is 23.5. The number of carbonyl (C=O) groups excluding carboxylic acids is 2. The first-order valence-electron chi connectivity index (χ1n) is 11.8.